The Balaban J connectivity index is 1.91. The standard InChI is InChI=1S/C28H30BrFN2O3/c1-3-20(2)31-28(34)25(17-21-9-5-4-6-10-21)32(18-22-13-15-23(29)16-14-22)27(33)19-35-26-12-8-7-11-24(26)30/h4-16,20,25H,3,17-19H2,1-2H3,(H,31,34)/t20-,25+/m0/s1. The van der Waals surface area contributed by atoms with E-state index >= 15 is 0 Å². The van der Waals surface area contributed by atoms with Crippen LogP contribution in [0.1, 0.15) is 31.4 Å². The summed E-state index contributed by atoms with van der Waals surface area (Å²) in [5, 5.41) is 3.02. The van der Waals surface area contributed by atoms with Gasteiger partial charge in [0.05, 0.1) is 0 Å². The Morgan fingerprint density at radius 3 is 2.29 bits per heavy atom. The summed E-state index contributed by atoms with van der Waals surface area (Å²) >= 11 is 3.43. The minimum atomic E-state index is -0.772. The second-order valence-corrected chi connectivity index (χ2v) is 9.31. The number of amides is 2. The number of carbonyl (C=O) groups excluding carboxylic acids is 2. The first kappa shape index (κ1) is 26.4. The number of halogens is 2. The maximum Gasteiger partial charge on any atom is 0.261 e. The van der Waals surface area contributed by atoms with Crippen molar-refractivity contribution in [3.63, 3.8) is 0 Å². The highest BCUT2D eigenvalue weighted by Crippen LogP contribution is 2.19. The van der Waals surface area contributed by atoms with Crippen molar-refractivity contribution in [2.45, 2.75) is 45.3 Å². The average molecular weight is 541 g/mol. The molecule has 3 aromatic carbocycles. The van der Waals surface area contributed by atoms with Crippen LogP contribution in [-0.4, -0.2) is 35.4 Å². The van der Waals surface area contributed by atoms with Crippen molar-refractivity contribution in [2.24, 2.45) is 0 Å². The van der Waals surface area contributed by atoms with Crippen molar-refractivity contribution in [1.82, 2.24) is 10.2 Å². The molecule has 0 aromatic heterocycles. The third-order valence-corrected chi connectivity index (χ3v) is 6.25. The highest BCUT2D eigenvalue weighted by molar-refractivity contribution is 9.10. The molecule has 35 heavy (non-hydrogen) atoms. The fourth-order valence-electron chi connectivity index (χ4n) is 3.57. The second-order valence-electron chi connectivity index (χ2n) is 8.39. The number of ether oxygens (including phenoxy) is 1. The quantitative estimate of drug-likeness (QED) is 0.348. The van der Waals surface area contributed by atoms with Crippen LogP contribution in [0.2, 0.25) is 0 Å². The van der Waals surface area contributed by atoms with E-state index in [-0.39, 0.29) is 30.9 Å². The number of rotatable bonds is 11. The first-order valence-corrected chi connectivity index (χ1v) is 12.4. The van der Waals surface area contributed by atoms with Gasteiger partial charge in [-0.25, -0.2) is 4.39 Å². The molecule has 2 atom stereocenters. The zero-order valence-corrected chi connectivity index (χ0v) is 21.5. The van der Waals surface area contributed by atoms with Crippen LogP contribution in [0.4, 0.5) is 4.39 Å². The van der Waals surface area contributed by atoms with E-state index in [1.807, 2.05) is 68.4 Å². The molecule has 0 heterocycles. The van der Waals surface area contributed by atoms with Crippen molar-refractivity contribution >= 4 is 27.7 Å². The molecular formula is C28H30BrFN2O3. The Hall–Kier alpha value is -3.19. The average Bonchev–Trinajstić information content (AvgIpc) is 2.87. The number of carbonyl (C=O) groups is 2. The molecule has 2 amide bonds. The molecule has 184 valence electrons. The van der Waals surface area contributed by atoms with Gasteiger partial charge in [0.1, 0.15) is 6.04 Å². The topological polar surface area (TPSA) is 58.6 Å². The number of benzene rings is 3. The van der Waals surface area contributed by atoms with Crippen LogP contribution in [0.15, 0.2) is 83.3 Å². The van der Waals surface area contributed by atoms with Crippen molar-refractivity contribution in [1.29, 1.82) is 0 Å². The van der Waals surface area contributed by atoms with Crippen molar-refractivity contribution in [3.05, 3.63) is 100 Å². The Morgan fingerprint density at radius 1 is 0.971 bits per heavy atom. The zero-order chi connectivity index (χ0) is 25.2. The molecule has 5 nitrogen and oxygen atoms in total. The molecule has 0 radical (unpaired) electrons. The molecule has 1 N–H and O–H groups in total. The first-order valence-electron chi connectivity index (χ1n) is 11.6. The normalized spacial score (nSPS) is 12.5. The molecule has 0 spiro atoms. The molecular weight excluding hydrogens is 511 g/mol. The van der Waals surface area contributed by atoms with Gasteiger partial charge in [0.25, 0.3) is 5.91 Å². The van der Waals surface area contributed by atoms with Crippen molar-refractivity contribution in [3.8, 4) is 5.75 Å². The van der Waals surface area contributed by atoms with Crippen LogP contribution < -0.4 is 10.1 Å². The van der Waals surface area contributed by atoms with Gasteiger partial charge < -0.3 is 15.0 Å². The highest BCUT2D eigenvalue weighted by Gasteiger charge is 2.31. The molecule has 7 heteroatoms. The van der Waals surface area contributed by atoms with Crippen LogP contribution >= 0.6 is 15.9 Å². The lowest BCUT2D eigenvalue weighted by Crippen LogP contribution is -2.53. The van der Waals surface area contributed by atoms with E-state index in [0.717, 1.165) is 22.0 Å². The predicted molar refractivity (Wildman–Crippen MR) is 138 cm³/mol. The van der Waals surface area contributed by atoms with E-state index in [0.29, 0.717) is 6.42 Å². The van der Waals surface area contributed by atoms with E-state index in [2.05, 4.69) is 21.2 Å². The summed E-state index contributed by atoms with van der Waals surface area (Å²) in [5.41, 5.74) is 1.79. The summed E-state index contributed by atoms with van der Waals surface area (Å²) < 4.78 is 20.5. The van der Waals surface area contributed by atoms with E-state index in [1.54, 1.807) is 12.1 Å². The smallest absolute Gasteiger partial charge is 0.261 e. The van der Waals surface area contributed by atoms with Crippen LogP contribution in [0.5, 0.6) is 5.75 Å². The summed E-state index contributed by atoms with van der Waals surface area (Å²) in [7, 11) is 0. The fourth-order valence-corrected chi connectivity index (χ4v) is 3.83. The molecule has 0 unspecified atom stereocenters. The lowest BCUT2D eigenvalue weighted by atomic mass is 10.0. The lowest BCUT2D eigenvalue weighted by Gasteiger charge is -2.32. The number of hydrogen-bond donors (Lipinski definition) is 1. The molecule has 0 fully saturated rings. The van der Waals surface area contributed by atoms with E-state index in [1.165, 1.54) is 17.0 Å². The van der Waals surface area contributed by atoms with Crippen molar-refractivity contribution in [2.75, 3.05) is 6.61 Å². The lowest BCUT2D eigenvalue weighted by molar-refractivity contribution is -0.143. The van der Waals surface area contributed by atoms with Gasteiger partial charge >= 0.3 is 0 Å². The largest absolute Gasteiger partial charge is 0.481 e. The zero-order valence-electron chi connectivity index (χ0n) is 19.9. The molecule has 0 aliphatic heterocycles. The van der Waals surface area contributed by atoms with Gasteiger partial charge in [0, 0.05) is 23.5 Å². The minimum Gasteiger partial charge on any atom is -0.481 e. The summed E-state index contributed by atoms with van der Waals surface area (Å²) in [6.07, 6.45) is 1.10. The summed E-state index contributed by atoms with van der Waals surface area (Å²) in [6.45, 7) is 3.74. The number of nitrogens with zero attached hydrogens (tertiary/aromatic N) is 1. The first-order chi connectivity index (χ1) is 16.9. The molecule has 3 aromatic rings. The van der Waals surface area contributed by atoms with Gasteiger partial charge in [-0.15, -0.1) is 0 Å². The van der Waals surface area contributed by atoms with E-state index < -0.39 is 17.8 Å². The third-order valence-electron chi connectivity index (χ3n) is 5.73. The fraction of sp³-hybridized carbons (Fsp3) is 0.286. The van der Waals surface area contributed by atoms with Crippen LogP contribution in [0.3, 0.4) is 0 Å². The maximum atomic E-state index is 14.1. The summed E-state index contributed by atoms with van der Waals surface area (Å²) in [4.78, 5) is 28.4. The third kappa shape index (κ3) is 7.92. The van der Waals surface area contributed by atoms with Crippen LogP contribution in [0, 0.1) is 5.82 Å². The van der Waals surface area contributed by atoms with Crippen LogP contribution in [0.25, 0.3) is 0 Å². The summed E-state index contributed by atoms with van der Waals surface area (Å²) in [5.74, 6) is -1.20. The van der Waals surface area contributed by atoms with Gasteiger partial charge in [-0.05, 0) is 48.7 Å². The second kappa shape index (κ2) is 13.0. The van der Waals surface area contributed by atoms with Gasteiger partial charge in [-0.2, -0.15) is 0 Å². The number of hydrogen-bond acceptors (Lipinski definition) is 3. The maximum absolute atomic E-state index is 14.1. The monoisotopic (exact) mass is 540 g/mol. The Bertz CT molecular complexity index is 1110. The minimum absolute atomic E-state index is 0.00638. The van der Waals surface area contributed by atoms with Crippen LogP contribution in [-0.2, 0) is 22.6 Å². The Morgan fingerprint density at radius 2 is 1.63 bits per heavy atom. The molecule has 0 saturated carbocycles. The van der Waals surface area contributed by atoms with Crippen molar-refractivity contribution < 1.29 is 18.7 Å². The van der Waals surface area contributed by atoms with E-state index in [9.17, 15) is 14.0 Å². The molecule has 0 aliphatic rings. The number of para-hydroxylation sites is 1. The van der Waals surface area contributed by atoms with Gasteiger partial charge in [-0.3, -0.25) is 9.59 Å². The number of nitrogens with one attached hydrogen (secondary N) is 1. The SMILES string of the molecule is CC[C@H](C)NC(=O)[C@@H](Cc1ccccc1)N(Cc1ccc(Br)cc1)C(=O)COc1ccccc1F. The summed E-state index contributed by atoms with van der Waals surface area (Å²) in [6, 6.07) is 22.3. The van der Waals surface area contributed by atoms with Gasteiger partial charge in [0.15, 0.2) is 18.2 Å². The van der Waals surface area contributed by atoms with E-state index in [4.69, 9.17) is 4.74 Å². The molecule has 3 rings (SSSR count). The Kier molecular flexibility index (Phi) is 9.85. The predicted octanol–water partition coefficient (Wildman–Crippen LogP) is 5.52. The van der Waals surface area contributed by atoms with Gasteiger partial charge in [-0.1, -0.05) is 77.5 Å². The van der Waals surface area contributed by atoms with Gasteiger partial charge in [0.2, 0.25) is 5.91 Å². The molecule has 0 bridgehead atoms. The highest BCUT2D eigenvalue weighted by atomic mass is 79.9. The Labute approximate surface area is 214 Å². The molecule has 0 aliphatic carbocycles. The molecule has 0 saturated heterocycles.